The summed E-state index contributed by atoms with van der Waals surface area (Å²) >= 11 is 0. The molecule has 0 spiro atoms. The maximum atomic E-state index is 13.4. The molecule has 0 aliphatic carbocycles. The Morgan fingerprint density at radius 3 is 1.78 bits per heavy atom. The average Bonchev–Trinajstić information content (AvgIpc) is 3.73. The number of carboxylic acid groups (broad SMARTS) is 1. The number of carboxylic acids is 1. The van der Waals surface area contributed by atoms with Gasteiger partial charge in [-0.1, -0.05) is 0 Å². The van der Waals surface area contributed by atoms with Gasteiger partial charge >= 0.3 is 30.8 Å². The number of hydrogen-bond donors (Lipinski definition) is 1. The fraction of sp³-hybridized carbons (Fsp3) is 0.407. The Kier molecular flexibility index (Phi) is 11.0. The zero-order chi connectivity index (χ0) is 27.5. The van der Waals surface area contributed by atoms with Gasteiger partial charge in [0.1, 0.15) is 11.6 Å². The summed E-state index contributed by atoms with van der Waals surface area (Å²) in [6, 6.07) is 8.31. The van der Waals surface area contributed by atoms with E-state index in [4.69, 9.17) is 19.3 Å². The molecule has 6 rings (SSSR count). The van der Waals surface area contributed by atoms with Crippen LogP contribution in [0.1, 0.15) is 33.8 Å². The molecule has 2 N–H and O–H groups in total. The van der Waals surface area contributed by atoms with Crippen LogP contribution >= 0.6 is 0 Å². The van der Waals surface area contributed by atoms with Crippen LogP contribution in [0.3, 0.4) is 0 Å². The second-order valence-corrected chi connectivity index (χ2v) is 9.64. The van der Waals surface area contributed by atoms with Crippen molar-refractivity contribution < 1.29 is 62.0 Å². The summed E-state index contributed by atoms with van der Waals surface area (Å²) in [5.74, 6) is -1.72. The minimum atomic E-state index is -1.10. The van der Waals surface area contributed by atoms with Gasteiger partial charge in [-0.3, -0.25) is 9.36 Å². The van der Waals surface area contributed by atoms with Crippen molar-refractivity contribution in [1.29, 1.82) is 0 Å². The third kappa shape index (κ3) is 7.12. The van der Waals surface area contributed by atoms with E-state index in [0.717, 1.165) is 19.4 Å². The van der Waals surface area contributed by atoms with Crippen molar-refractivity contribution in [3.63, 3.8) is 0 Å². The molecular weight excluding hydrogens is 537 g/mol. The summed E-state index contributed by atoms with van der Waals surface area (Å²) in [5, 5.41) is 18.6. The van der Waals surface area contributed by atoms with E-state index in [-0.39, 0.29) is 41.5 Å². The van der Waals surface area contributed by atoms with Gasteiger partial charge in [0.25, 0.3) is 0 Å². The second kappa shape index (κ2) is 14.0. The Bertz CT molecular complexity index is 1510. The standard InChI is InChI=1S/C14H15FN2O3.C13H13FN2O3.Li.H2O/c1-19-14(18)13-11-3-2-10(15)6-12(11)17(16-13)7-9-4-5-20-8-9;14-9-1-2-10-11(5-9)16(15-12(10)13(17)18)6-8-3-4-19-7-8;;/h2-3,6,9H,4-5,7-8H2,1H3;1-2,5,8H,3-4,6-7H2,(H,17,18);;1H2/q;;+1;/p-1. The van der Waals surface area contributed by atoms with Gasteiger partial charge in [0, 0.05) is 48.9 Å². The van der Waals surface area contributed by atoms with Crippen molar-refractivity contribution in [2.45, 2.75) is 25.9 Å². The molecule has 4 heterocycles. The van der Waals surface area contributed by atoms with Gasteiger partial charge in [0.2, 0.25) is 0 Å². The zero-order valence-corrected chi connectivity index (χ0v) is 22.8. The molecule has 2 atom stereocenters. The quantitative estimate of drug-likeness (QED) is 0.264. The molecule has 0 amide bonds. The van der Waals surface area contributed by atoms with E-state index in [2.05, 4.69) is 10.2 Å². The molecule has 2 fully saturated rings. The number of nitrogens with zero attached hydrogens (tertiary/aromatic N) is 4. The predicted octanol–water partition coefficient (Wildman–Crippen LogP) is 0.736. The van der Waals surface area contributed by atoms with Crippen LogP contribution < -0.4 is 18.9 Å². The van der Waals surface area contributed by atoms with Gasteiger partial charge in [-0.25, -0.2) is 18.4 Å². The van der Waals surface area contributed by atoms with Crippen LogP contribution in [0.2, 0.25) is 0 Å². The van der Waals surface area contributed by atoms with E-state index >= 15 is 0 Å². The van der Waals surface area contributed by atoms with Crippen LogP contribution in [0, 0.1) is 23.5 Å². The molecule has 0 saturated carbocycles. The fourth-order valence-electron chi connectivity index (χ4n) is 4.92. The normalized spacial score (nSPS) is 17.9. The molecular formula is C27H29F2LiN4O7. The van der Waals surface area contributed by atoms with Gasteiger partial charge in [-0.05, 0) is 49.2 Å². The first kappa shape index (κ1) is 32.2. The number of methoxy groups -OCH3 is 1. The van der Waals surface area contributed by atoms with Gasteiger partial charge in [-0.15, -0.1) is 0 Å². The summed E-state index contributed by atoms with van der Waals surface area (Å²) in [5.41, 5.74) is 1.32. The Morgan fingerprint density at radius 1 is 0.902 bits per heavy atom. The van der Waals surface area contributed by atoms with Gasteiger partial charge in [0.15, 0.2) is 11.4 Å². The minimum absolute atomic E-state index is 0. The molecule has 2 aromatic carbocycles. The van der Waals surface area contributed by atoms with Crippen LogP contribution in [0.4, 0.5) is 8.78 Å². The summed E-state index contributed by atoms with van der Waals surface area (Å²) in [7, 11) is 1.31. The molecule has 2 aliphatic heterocycles. The number of aromatic nitrogens is 4. The maximum absolute atomic E-state index is 13.4. The number of fused-ring (bicyclic) bond motifs is 2. The Labute approximate surface area is 245 Å². The summed E-state index contributed by atoms with van der Waals surface area (Å²) in [6.45, 7) is 3.92. The fourth-order valence-corrected chi connectivity index (χ4v) is 4.92. The number of rotatable bonds is 6. The molecule has 2 saturated heterocycles. The number of esters is 1. The molecule has 2 unspecified atom stereocenters. The average molecular weight is 566 g/mol. The van der Waals surface area contributed by atoms with Crippen molar-refractivity contribution in [1.82, 2.24) is 19.6 Å². The zero-order valence-electron chi connectivity index (χ0n) is 22.8. The van der Waals surface area contributed by atoms with E-state index in [1.165, 1.54) is 37.4 Å². The molecule has 11 nitrogen and oxygen atoms in total. The van der Waals surface area contributed by atoms with E-state index < -0.39 is 17.8 Å². The molecule has 14 heteroatoms. The summed E-state index contributed by atoms with van der Waals surface area (Å²) in [4.78, 5) is 22.9. The number of halogens is 2. The number of benzene rings is 2. The molecule has 0 radical (unpaired) electrons. The van der Waals surface area contributed by atoms with E-state index in [9.17, 15) is 18.4 Å². The summed E-state index contributed by atoms with van der Waals surface area (Å²) < 4.78 is 45.4. The van der Waals surface area contributed by atoms with Crippen molar-refractivity contribution in [3.05, 3.63) is 59.4 Å². The molecule has 41 heavy (non-hydrogen) atoms. The monoisotopic (exact) mass is 566 g/mol. The van der Waals surface area contributed by atoms with Gasteiger partial charge < -0.3 is 24.8 Å². The molecule has 0 bridgehead atoms. The van der Waals surface area contributed by atoms with Crippen molar-refractivity contribution in [3.8, 4) is 0 Å². The molecule has 4 aromatic rings. The number of aromatic carboxylic acids is 1. The third-order valence-electron chi connectivity index (χ3n) is 6.92. The molecule has 214 valence electrons. The second-order valence-electron chi connectivity index (χ2n) is 9.64. The number of hydrogen-bond acceptors (Lipinski definition) is 8. The largest absolute Gasteiger partial charge is 1.00 e. The van der Waals surface area contributed by atoms with Crippen molar-refractivity contribution in [2.75, 3.05) is 33.5 Å². The Hall–Kier alpha value is -3.34. The third-order valence-corrected chi connectivity index (χ3v) is 6.92. The first-order chi connectivity index (χ1) is 18.8. The summed E-state index contributed by atoms with van der Waals surface area (Å²) in [6.07, 6.45) is 1.86. The van der Waals surface area contributed by atoms with Gasteiger partial charge in [0.05, 0.1) is 31.4 Å². The number of ether oxygens (including phenoxy) is 3. The van der Waals surface area contributed by atoms with Gasteiger partial charge in [-0.2, -0.15) is 10.2 Å². The van der Waals surface area contributed by atoms with Crippen LogP contribution in [0.25, 0.3) is 21.8 Å². The molecule has 2 aliphatic rings. The van der Waals surface area contributed by atoms with E-state index in [1.54, 1.807) is 15.4 Å². The van der Waals surface area contributed by atoms with Crippen molar-refractivity contribution >= 4 is 33.7 Å². The molecule has 2 aromatic heterocycles. The van der Waals surface area contributed by atoms with Crippen LogP contribution in [0.15, 0.2) is 36.4 Å². The SMILES string of the molecule is COC(=O)c1nn(CC2CCOC2)c2cc(F)ccc12.O=C(O)c1nn(CC2CCOC2)c2cc(F)ccc12.[Li+].[OH-]. The Balaban J connectivity index is 0.000000215. The smallest absolute Gasteiger partial charge is 0.870 e. The predicted molar refractivity (Wildman–Crippen MR) is 137 cm³/mol. The van der Waals surface area contributed by atoms with E-state index in [0.29, 0.717) is 66.6 Å². The first-order valence-electron chi connectivity index (χ1n) is 12.6. The van der Waals surface area contributed by atoms with Crippen LogP contribution in [-0.2, 0) is 27.3 Å². The van der Waals surface area contributed by atoms with Crippen LogP contribution in [0.5, 0.6) is 0 Å². The van der Waals surface area contributed by atoms with Crippen molar-refractivity contribution in [2.24, 2.45) is 11.8 Å². The number of carbonyl (C=O) groups is 2. The van der Waals surface area contributed by atoms with E-state index in [1.807, 2.05) is 0 Å². The maximum Gasteiger partial charge on any atom is 1.00 e. The minimum Gasteiger partial charge on any atom is -0.870 e. The topological polar surface area (TPSA) is 148 Å². The Morgan fingerprint density at radius 2 is 1.37 bits per heavy atom. The number of carbonyl (C=O) groups excluding carboxylic acids is 1. The first-order valence-corrected chi connectivity index (χ1v) is 12.6. The van der Waals surface area contributed by atoms with Crippen LogP contribution in [-0.4, -0.2) is 75.6 Å².